The molecule has 2 aromatic carbocycles. The van der Waals surface area contributed by atoms with Gasteiger partial charge in [-0.25, -0.2) is 8.78 Å². The lowest BCUT2D eigenvalue weighted by Gasteiger charge is -2.36. The molecule has 7 heteroatoms. The summed E-state index contributed by atoms with van der Waals surface area (Å²) < 4.78 is 27.4. The van der Waals surface area contributed by atoms with E-state index in [1.54, 1.807) is 0 Å². The van der Waals surface area contributed by atoms with Crippen molar-refractivity contribution in [2.24, 2.45) is 5.92 Å². The fourth-order valence-electron chi connectivity index (χ4n) is 5.01. The fourth-order valence-corrected chi connectivity index (χ4v) is 5.01. The molecule has 0 radical (unpaired) electrons. The summed E-state index contributed by atoms with van der Waals surface area (Å²) >= 11 is 0. The molecule has 1 aliphatic carbocycles. The van der Waals surface area contributed by atoms with Crippen molar-refractivity contribution in [2.75, 3.05) is 18.4 Å². The van der Waals surface area contributed by atoms with Gasteiger partial charge in [0.1, 0.15) is 0 Å². The summed E-state index contributed by atoms with van der Waals surface area (Å²) in [6.45, 7) is 3.17. The first-order chi connectivity index (χ1) is 14.8. The lowest BCUT2D eigenvalue weighted by atomic mass is 9.87. The molecule has 1 amide bonds. The molecule has 2 N–H and O–H groups in total. The molecule has 2 fully saturated rings. The second kappa shape index (κ2) is 8.38. The van der Waals surface area contributed by atoms with Crippen LogP contribution in [0.3, 0.4) is 0 Å². The predicted octanol–water partition coefficient (Wildman–Crippen LogP) is 4.49. The zero-order valence-corrected chi connectivity index (χ0v) is 17.4. The van der Waals surface area contributed by atoms with Crippen molar-refractivity contribution in [1.82, 2.24) is 4.90 Å². The van der Waals surface area contributed by atoms with Gasteiger partial charge >= 0.3 is 5.97 Å². The van der Waals surface area contributed by atoms with Crippen LogP contribution in [0.5, 0.6) is 0 Å². The molecule has 2 aromatic rings. The van der Waals surface area contributed by atoms with Crippen molar-refractivity contribution in [2.45, 2.75) is 44.1 Å². The molecule has 2 aliphatic rings. The first-order valence-corrected chi connectivity index (χ1v) is 10.6. The van der Waals surface area contributed by atoms with Crippen LogP contribution in [-0.4, -0.2) is 35.0 Å². The number of anilines is 1. The standard InChI is InChI=1S/C24H26F2N2O3/c1-15(29)27-18-8-5-16(6-9-18)22(28-11-3-2-4-12-28)19-14-24(19,23(30)31)17-7-10-20(25)21(26)13-17/h5-10,13,19,22H,2-4,11-12,14H2,1H3,(H,27,29)(H,30,31). The van der Waals surface area contributed by atoms with E-state index in [0.717, 1.165) is 50.0 Å². The zero-order chi connectivity index (χ0) is 22.2. The SMILES string of the molecule is CC(=O)Nc1ccc(C(C2CC2(C(=O)O)c2ccc(F)c(F)c2)N2CCCCC2)cc1. The number of carbonyl (C=O) groups excluding carboxylic acids is 1. The van der Waals surface area contributed by atoms with Crippen LogP contribution in [-0.2, 0) is 15.0 Å². The van der Waals surface area contributed by atoms with Crippen LogP contribution in [0.2, 0.25) is 0 Å². The quantitative estimate of drug-likeness (QED) is 0.711. The van der Waals surface area contributed by atoms with E-state index >= 15 is 0 Å². The number of amides is 1. The van der Waals surface area contributed by atoms with Gasteiger partial charge in [0.2, 0.25) is 5.91 Å². The molecule has 1 saturated carbocycles. The minimum atomic E-state index is -1.24. The van der Waals surface area contributed by atoms with E-state index in [4.69, 9.17) is 0 Å². The number of hydrogen-bond donors (Lipinski definition) is 2. The number of aliphatic carboxylic acids is 1. The summed E-state index contributed by atoms with van der Waals surface area (Å²) in [7, 11) is 0. The third-order valence-electron chi connectivity index (χ3n) is 6.57. The Kier molecular flexibility index (Phi) is 5.79. The molecular weight excluding hydrogens is 402 g/mol. The highest BCUT2D eigenvalue weighted by Gasteiger charge is 2.65. The monoisotopic (exact) mass is 428 g/mol. The normalized spacial score (nSPS) is 24.4. The van der Waals surface area contributed by atoms with Gasteiger partial charge in [-0.15, -0.1) is 0 Å². The Balaban J connectivity index is 1.70. The van der Waals surface area contributed by atoms with Crippen molar-refractivity contribution < 1.29 is 23.5 Å². The zero-order valence-electron chi connectivity index (χ0n) is 17.4. The number of rotatable bonds is 6. The maximum atomic E-state index is 13.9. The average molecular weight is 428 g/mol. The molecule has 0 spiro atoms. The van der Waals surface area contributed by atoms with E-state index in [1.165, 1.54) is 13.0 Å². The van der Waals surface area contributed by atoms with Crippen LogP contribution in [0.15, 0.2) is 42.5 Å². The van der Waals surface area contributed by atoms with E-state index in [-0.39, 0.29) is 17.9 Å². The highest BCUT2D eigenvalue weighted by Crippen LogP contribution is 2.61. The molecule has 0 bridgehead atoms. The molecule has 31 heavy (non-hydrogen) atoms. The topological polar surface area (TPSA) is 69.6 Å². The average Bonchev–Trinajstić information content (AvgIpc) is 3.48. The van der Waals surface area contributed by atoms with E-state index in [2.05, 4.69) is 10.2 Å². The van der Waals surface area contributed by atoms with Crippen LogP contribution >= 0.6 is 0 Å². The number of benzene rings is 2. The van der Waals surface area contributed by atoms with Gasteiger partial charge in [0.15, 0.2) is 11.6 Å². The van der Waals surface area contributed by atoms with Crippen LogP contribution in [0.25, 0.3) is 0 Å². The molecule has 164 valence electrons. The fraction of sp³-hybridized carbons (Fsp3) is 0.417. The van der Waals surface area contributed by atoms with Gasteiger partial charge in [-0.1, -0.05) is 24.6 Å². The third kappa shape index (κ3) is 4.06. The van der Waals surface area contributed by atoms with E-state index < -0.39 is 23.0 Å². The minimum absolute atomic E-state index is 0.157. The van der Waals surface area contributed by atoms with Crippen molar-refractivity contribution >= 4 is 17.6 Å². The molecule has 1 aliphatic heterocycles. The Labute approximate surface area is 180 Å². The summed E-state index contributed by atoms with van der Waals surface area (Å²) in [4.78, 5) is 26.0. The first kappa shape index (κ1) is 21.4. The van der Waals surface area contributed by atoms with Crippen molar-refractivity contribution in [1.29, 1.82) is 0 Å². The van der Waals surface area contributed by atoms with Gasteiger partial charge in [-0.05, 0) is 67.7 Å². The number of piperidine rings is 1. The molecule has 4 rings (SSSR count). The van der Waals surface area contributed by atoms with Gasteiger partial charge < -0.3 is 10.4 Å². The summed E-state index contributed by atoms with van der Waals surface area (Å²) in [5.41, 5.74) is 0.703. The second-order valence-corrected chi connectivity index (χ2v) is 8.56. The Morgan fingerprint density at radius 1 is 1.06 bits per heavy atom. The summed E-state index contributed by atoms with van der Waals surface area (Å²) in [6.07, 6.45) is 3.58. The van der Waals surface area contributed by atoms with E-state index in [9.17, 15) is 23.5 Å². The Morgan fingerprint density at radius 2 is 1.74 bits per heavy atom. The number of carbonyl (C=O) groups is 2. The second-order valence-electron chi connectivity index (χ2n) is 8.56. The summed E-state index contributed by atoms with van der Waals surface area (Å²) in [5, 5.41) is 12.9. The number of nitrogens with zero attached hydrogens (tertiary/aromatic N) is 1. The predicted molar refractivity (Wildman–Crippen MR) is 113 cm³/mol. The molecular formula is C24H26F2N2O3. The summed E-state index contributed by atoms with van der Waals surface area (Å²) in [6, 6.07) is 10.7. The Hall–Kier alpha value is -2.80. The smallest absolute Gasteiger partial charge is 0.314 e. The maximum Gasteiger partial charge on any atom is 0.314 e. The van der Waals surface area contributed by atoms with Gasteiger partial charge in [0.05, 0.1) is 5.41 Å². The molecule has 1 saturated heterocycles. The lowest BCUT2D eigenvalue weighted by Crippen LogP contribution is -2.37. The molecule has 5 nitrogen and oxygen atoms in total. The Bertz CT molecular complexity index is 989. The maximum absolute atomic E-state index is 13.9. The number of halogens is 2. The molecule has 0 aromatic heterocycles. The minimum Gasteiger partial charge on any atom is -0.481 e. The summed E-state index contributed by atoms with van der Waals surface area (Å²) in [5.74, 6) is -3.45. The lowest BCUT2D eigenvalue weighted by molar-refractivity contribution is -0.140. The van der Waals surface area contributed by atoms with Gasteiger partial charge in [-0.2, -0.15) is 0 Å². The number of nitrogens with one attached hydrogen (secondary N) is 1. The highest BCUT2D eigenvalue weighted by molar-refractivity contribution is 5.88. The van der Waals surface area contributed by atoms with E-state index in [1.807, 2.05) is 24.3 Å². The van der Waals surface area contributed by atoms with Gasteiger partial charge in [0.25, 0.3) is 0 Å². The third-order valence-corrected chi connectivity index (χ3v) is 6.57. The molecule has 3 atom stereocenters. The van der Waals surface area contributed by atoms with Crippen molar-refractivity contribution in [3.05, 3.63) is 65.2 Å². The van der Waals surface area contributed by atoms with Crippen molar-refractivity contribution in [3.63, 3.8) is 0 Å². The van der Waals surface area contributed by atoms with Crippen LogP contribution < -0.4 is 5.32 Å². The van der Waals surface area contributed by atoms with Crippen LogP contribution in [0.4, 0.5) is 14.5 Å². The number of carboxylic acids is 1. The van der Waals surface area contributed by atoms with Crippen LogP contribution in [0.1, 0.15) is 49.8 Å². The van der Waals surface area contributed by atoms with Crippen LogP contribution in [0, 0.1) is 17.6 Å². The molecule has 3 unspecified atom stereocenters. The van der Waals surface area contributed by atoms with Gasteiger partial charge in [0, 0.05) is 24.6 Å². The number of carboxylic acid groups (broad SMARTS) is 1. The first-order valence-electron chi connectivity index (χ1n) is 10.6. The highest BCUT2D eigenvalue weighted by atomic mass is 19.2. The molecule has 1 heterocycles. The van der Waals surface area contributed by atoms with E-state index in [0.29, 0.717) is 17.7 Å². The van der Waals surface area contributed by atoms with Gasteiger partial charge in [-0.3, -0.25) is 14.5 Å². The number of hydrogen-bond acceptors (Lipinski definition) is 3. The van der Waals surface area contributed by atoms with Crippen molar-refractivity contribution in [3.8, 4) is 0 Å². The Morgan fingerprint density at radius 3 is 2.32 bits per heavy atom. The largest absolute Gasteiger partial charge is 0.481 e. The number of likely N-dealkylation sites (tertiary alicyclic amines) is 1.